The van der Waals surface area contributed by atoms with E-state index in [0.717, 1.165) is 17.8 Å². The van der Waals surface area contributed by atoms with Gasteiger partial charge in [-0.15, -0.1) is 0 Å². The van der Waals surface area contributed by atoms with Crippen LogP contribution in [0.15, 0.2) is 30.3 Å². The molecule has 0 aromatic heterocycles. The van der Waals surface area contributed by atoms with Crippen LogP contribution in [-0.4, -0.2) is 12.8 Å². The van der Waals surface area contributed by atoms with Gasteiger partial charge in [0.05, 0.1) is 14.3 Å². The van der Waals surface area contributed by atoms with Crippen LogP contribution in [0, 0.1) is 17.8 Å². The van der Waals surface area contributed by atoms with E-state index in [1.165, 1.54) is 24.6 Å². The summed E-state index contributed by atoms with van der Waals surface area (Å²) in [7, 11) is -0.469. The van der Waals surface area contributed by atoms with Crippen molar-refractivity contribution in [2.45, 2.75) is 46.1 Å². The van der Waals surface area contributed by atoms with Gasteiger partial charge in [0.25, 0.3) is 0 Å². The molecule has 1 saturated carbocycles. The predicted molar refractivity (Wildman–Crippen MR) is 85.1 cm³/mol. The third-order valence-corrected chi connectivity index (χ3v) is 5.99. The van der Waals surface area contributed by atoms with Crippen molar-refractivity contribution in [2.24, 2.45) is 17.8 Å². The molecule has 2 heteroatoms. The van der Waals surface area contributed by atoms with Gasteiger partial charge in [-0.3, -0.25) is 0 Å². The van der Waals surface area contributed by atoms with Crippen LogP contribution in [0.5, 0.6) is 0 Å². The molecule has 0 amide bonds. The van der Waals surface area contributed by atoms with Gasteiger partial charge in [0.2, 0.25) is 0 Å². The normalized spacial score (nSPS) is 29.4. The fourth-order valence-corrected chi connectivity index (χ4v) is 4.50. The number of benzene rings is 1. The lowest BCUT2D eigenvalue weighted by atomic mass is 9.75. The molecule has 0 aliphatic heterocycles. The van der Waals surface area contributed by atoms with E-state index in [9.17, 15) is 0 Å². The first-order chi connectivity index (χ1) is 9.08. The Morgan fingerprint density at radius 3 is 2.47 bits per heavy atom. The second-order valence-corrected chi connectivity index (χ2v) is 8.03. The minimum atomic E-state index is -0.469. The summed E-state index contributed by atoms with van der Waals surface area (Å²) in [4.78, 5) is 0. The SMILES string of the molecule is CC1CCC(C(C)C)C(OP(C)c2ccccc2)C1. The fourth-order valence-electron chi connectivity index (χ4n) is 3.14. The Morgan fingerprint density at radius 2 is 1.84 bits per heavy atom. The van der Waals surface area contributed by atoms with Crippen molar-refractivity contribution in [1.82, 2.24) is 0 Å². The average molecular weight is 278 g/mol. The molecule has 0 spiro atoms. The molecule has 1 nitrogen and oxygen atoms in total. The lowest BCUT2D eigenvalue weighted by Crippen LogP contribution is -2.33. The van der Waals surface area contributed by atoms with Crippen molar-refractivity contribution in [3.63, 3.8) is 0 Å². The molecule has 0 radical (unpaired) electrons. The first-order valence-electron chi connectivity index (χ1n) is 7.53. The standard InChI is InChI=1S/C17H27OP/c1-13(2)16-11-10-14(3)12-17(16)18-19(4)15-8-6-5-7-9-15/h5-9,13-14,16-17H,10-12H2,1-4H3. The van der Waals surface area contributed by atoms with E-state index in [-0.39, 0.29) is 0 Å². The molecule has 1 aromatic carbocycles. The molecular formula is C17H27OP. The largest absolute Gasteiger partial charge is 0.351 e. The van der Waals surface area contributed by atoms with E-state index < -0.39 is 8.15 Å². The molecule has 0 saturated heterocycles. The third-order valence-electron chi connectivity index (χ3n) is 4.37. The molecule has 106 valence electrons. The molecule has 1 aliphatic carbocycles. The number of hydrogen-bond acceptors (Lipinski definition) is 1. The highest BCUT2D eigenvalue weighted by atomic mass is 31.1. The summed E-state index contributed by atoms with van der Waals surface area (Å²) in [6.07, 6.45) is 4.40. The zero-order valence-corrected chi connectivity index (χ0v) is 13.6. The van der Waals surface area contributed by atoms with Gasteiger partial charge in [0, 0.05) is 5.30 Å². The average Bonchev–Trinajstić information content (AvgIpc) is 2.39. The summed E-state index contributed by atoms with van der Waals surface area (Å²) < 4.78 is 6.49. The molecule has 0 heterocycles. The molecule has 1 aromatic rings. The summed E-state index contributed by atoms with van der Waals surface area (Å²) in [5.74, 6) is 2.29. The molecule has 0 bridgehead atoms. The summed E-state index contributed by atoms with van der Waals surface area (Å²) in [6.45, 7) is 9.31. The van der Waals surface area contributed by atoms with E-state index in [0.29, 0.717) is 6.10 Å². The van der Waals surface area contributed by atoms with Crippen molar-refractivity contribution >= 4 is 13.5 Å². The zero-order chi connectivity index (χ0) is 13.8. The number of rotatable bonds is 4. The summed E-state index contributed by atoms with van der Waals surface area (Å²) >= 11 is 0. The molecular weight excluding hydrogens is 251 g/mol. The van der Waals surface area contributed by atoms with E-state index >= 15 is 0 Å². The smallest absolute Gasteiger partial charge is 0.0655 e. The monoisotopic (exact) mass is 278 g/mol. The lowest BCUT2D eigenvalue weighted by molar-refractivity contribution is 0.0570. The first-order valence-corrected chi connectivity index (χ1v) is 9.24. The van der Waals surface area contributed by atoms with Crippen LogP contribution in [0.2, 0.25) is 0 Å². The Labute approximate surface area is 119 Å². The Balaban J connectivity index is 2.02. The van der Waals surface area contributed by atoms with Crippen molar-refractivity contribution in [2.75, 3.05) is 6.66 Å². The fraction of sp³-hybridized carbons (Fsp3) is 0.647. The molecule has 4 atom stereocenters. The summed E-state index contributed by atoms with van der Waals surface area (Å²) in [5.41, 5.74) is 0. The second kappa shape index (κ2) is 6.86. The van der Waals surface area contributed by atoms with Gasteiger partial charge in [-0.05, 0) is 37.3 Å². The topological polar surface area (TPSA) is 9.23 Å². The van der Waals surface area contributed by atoms with Gasteiger partial charge in [0.15, 0.2) is 0 Å². The summed E-state index contributed by atoms with van der Waals surface area (Å²) in [5, 5.41) is 1.36. The van der Waals surface area contributed by atoms with Crippen molar-refractivity contribution in [3.8, 4) is 0 Å². The van der Waals surface area contributed by atoms with Crippen LogP contribution in [-0.2, 0) is 4.52 Å². The maximum absolute atomic E-state index is 6.49. The third kappa shape index (κ3) is 4.04. The van der Waals surface area contributed by atoms with Gasteiger partial charge in [-0.25, -0.2) is 0 Å². The quantitative estimate of drug-likeness (QED) is 0.718. The molecule has 1 aliphatic rings. The predicted octanol–water partition coefficient (Wildman–Crippen LogP) is 4.82. The van der Waals surface area contributed by atoms with Crippen molar-refractivity contribution in [1.29, 1.82) is 0 Å². The maximum Gasteiger partial charge on any atom is 0.0655 e. The molecule has 19 heavy (non-hydrogen) atoms. The van der Waals surface area contributed by atoms with Crippen LogP contribution in [0.1, 0.15) is 40.0 Å². The molecule has 2 rings (SSSR count). The second-order valence-electron chi connectivity index (χ2n) is 6.30. The van der Waals surface area contributed by atoms with Gasteiger partial charge < -0.3 is 4.52 Å². The zero-order valence-electron chi connectivity index (χ0n) is 12.7. The Bertz CT molecular complexity index is 376. The van der Waals surface area contributed by atoms with Crippen LogP contribution >= 0.6 is 8.15 Å². The highest BCUT2D eigenvalue weighted by Gasteiger charge is 2.32. The highest BCUT2D eigenvalue weighted by molar-refractivity contribution is 7.60. The maximum atomic E-state index is 6.49. The van der Waals surface area contributed by atoms with E-state index in [1.807, 2.05) is 0 Å². The minimum absolute atomic E-state index is 0.458. The Hall–Kier alpha value is -0.390. The van der Waals surface area contributed by atoms with E-state index in [1.54, 1.807) is 0 Å². The van der Waals surface area contributed by atoms with Crippen LogP contribution in [0.3, 0.4) is 0 Å². The van der Waals surface area contributed by atoms with Gasteiger partial charge >= 0.3 is 0 Å². The van der Waals surface area contributed by atoms with E-state index in [4.69, 9.17) is 4.52 Å². The van der Waals surface area contributed by atoms with Gasteiger partial charge in [0.1, 0.15) is 0 Å². The highest BCUT2D eigenvalue weighted by Crippen LogP contribution is 2.42. The molecule has 0 N–H and O–H groups in total. The van der Waals surface area contributed by atoms with Crippen LogP contribution in [0.25, 0.3) is 0 Å². The molecule has 4 unspecified atom stereocenters. The number of hydrogen-bond donors (Lipinski definition) is 0. The molecule has 1 fully saturated rings. The Kier molecular flexibility index (Phi) is 5.42. The van der Waals surface area contributed by atoms with Crippen LogP contribution in [0.4, 0.5) is 0 Å². The van der Waals surface area contributed by atoms with E-state index in [2.05, 4.69) is 57.8 Å². The Morgan fingerprint density at radius 1 is 1.16 bits per heavy atom. The van der Waals surface area contributed by atoms with Gasteiger partial charge in [-0.1, -0.05) is 57.5 Å². The minimum Gasteiger partial charge on any atom is -0.351 e. The first kappa shape index (κ1) is 15.0. The van der Waals surface area contributed by atoms with Gasteiger partial charge in [-0.2, -0.15) is 0 Å². The van der Waals surface area contributed by atoms with Crippen LogP contribution < -0.4 is 5.30 Å². The summed E-state index contributed by atoms with van der Waals surface area (Å²) in [6, 6.07) is 10.7. The van der Waals surface area contributed by atoms with Crippen molar-refractivity contribution in [3.05, 3.63) is 30.3 Å². The van der Waals surface area contributed by atoms with Crippen molar-refractivity contribution < 1.29 is 4.52 Å². The lowest BCUT2D eigenvalue weighted by Gasteiger charge is -2.38.